The third kappa shape index (κ3) is 2.75. The van der Waals surface area contributed by atoms with Gasteiger partial charge in [-0.05, 0) is 50.5 Å². The molecule has 1 N–H and O–H groups in total. The third-order valence-corrected chi connectivity index (χ3v) is 5.35. The molecule has 0 spiro atoms. The Balaban J connectivity index is 1.78. The van der Waals surface area contributed by atoms with Gasteiger partial charge in [-0.1, -0.05) is 0 Å². The van der Waals surface area contributed by atoms with E-state index in [2.05, 4.69) is 4.98 Å². The summed E-state index contributed by atoms with van der Waals surface area (Å²) >= 11 is 0. The Morgan fingerprint density at radius 3 is 2.64 bits per heavy atom. The van der Waals surface area contributed by atoms with Crippen LogP contribution in [-0.2, 0) is 4.79 Å². The summed E-state index contributed by atoms with van der Waals surface area (Å²) in [4.78, 5) is 30.6. The maximum Gasteiger partial charge on any atom is 0.308 e. The van der Waals surface area contributed by atoms with Crippen LogP contribution in [0, 0.1) is 11.7 Å². The maximum absolute atomic E-state index is 13.7. The number of rotatable bonds is 3. The van der Waals surface area contributed by atoms with Gasteiger partial charge < -0.3 is 10.0 Å². The molecule has 1 amide bonds. The van der Waals surface area contributed by atoms with E-state index in [4.69, 9.17) is 0 Å². The van der Waals surface area contributed by atoms with E-state index in [0.29, 0.717) is 35.3 Å². The van der Waals surface area contributed by atoms with E-state index in [0.717, 1.165) is 18.5 Å². The summed E-state index contributed by atoms with van der Waals surface area (Å²) in [5, 5.41) is 9.78. The monoisotopic (exact) mass is 342 g/mol. The minimum Gasteiger partial charge on any atom is -0.481 e. The molecular formula is C19H19FN2O3. The third-order valence-electron chi connectivity index (χ3n) is 5.35. The van der Waals surface area contributed by atoms with Gasteiger partial charge >= 0.3 is 5.97 Å². The first-order valence-electron chi connectivity index (χ1n) is 8.59. The van der Waals surface area contributed by atoms with Gasteiger partial charge in [-0.25, -0.2) is 4.39 Å². The largest absolute Gasteiger partial charge is 0.481 e. The Labute approximate surface area is 144 Å². The lowest BCUT2D eigenvalue weighted by Gasteiger charge is -2.24. The molecule has 6 heteroatoms. The van der Waals surface area contributed by atoms with Crippen molar-refractivity contribution in [2.45, 2.75) is 38.1 Å². The van der Waals surface area contributed by atoms with Crippen LogP contribution in [0.25, 0.3) is 10.9 Å². The summed E-state index contributed by atoms with van der Waals surface area (Å²) < 4.78 is 13.7. The van der Waals surface area contributed by atoms with Gasteiger partial charge in [0.05, 0.1) is 17.0 Å². The topological polar surface area (TPSA) is 70.5 Å². The fraction of sp³-hybridized carbons (Fsp3) is 0.421. The average molecular weight is 342 g/mol. The number of fused-ring (bicyclic) bond motifs is 1. The number of aromatic nitrogens is 1. The van der Waals surface area contributed by atoms with Gasteiger partial charge in [0.2, 0.25) is 0 Å². The van der Waals surface area contributed by atoms with Gasteiger partial charge in [-0.15, -0.1) is 0 Å². The summed E-state index contributed by atoms with van der Waals surface area (Å²) in [6.45, 7) is 2.16. The standard InChI is InChI=1S/C19H19FN2O3/c1-10-13(19(24)25)6-7-22(10)18(23)15-9-17(11-2-3-11)21-16-5-4-12(20)8-14(15)16/h4-5,8-11,13H,2-3,6-7H2,1H3,(H,24,25). The predicted octanol–water partition coefficient (Wildman–Crippen LogP) is 3.19. The molecule has 2 unspecified atom stereocenters. The summed E-state index contributed by atoms with van der Waals surface area (Å²) in [5.74, 6) is -1.73. The Morgan fingerprint density at radius 2 is 2.00 bits per heavy atom. The summed E-state index contributed by atoms with van der Waals surface area (Å²) in [5.41, 5.74) is 1.89. The van der Waals surface area contributed by atoms with Gasteiger partial charge in [0.1, 0.15) is 5.82 Å². The second-order valence-electron chi connectivity index (χ2n) is 7.00. The molecule has 1 aromatic heterocycles. The van der Waals surface area contributed by atoms with Crippen molar-refractivity contribution < 1.29 is 19.1 Å². The number of halogens is 1. The highest BCUT2D eigenvalue weighted by atomic mass is 19.1. The number of amides is 1. The second-order valence-corrected chi connectivity index (χ2v) is 7.00. The average Bonchev–Trinajstić information content (AvgIpc) is 3.35. The van der Waals surface area contributed by atoms with E-state index in [9.17, 15) is 19.1 Å². The Hall–Kier alpha value is -2.50. The van der Waals surface area contributed by atoms with Crippen molar-refractivity contribution in [3.8, 4) is 0 Å². The van der Waals surface area contributed by atoms with Crippen molar-refractivity contribution in [1.29, 1.82) is 0 Å². The number of hydrogen-bond acceptors (Lipinski definition) is 3. The van der Waals surface area contributed by atoms with Crippen LogP contribution in [0.15, 0.2) is 24.3 Å². The predicted molar refractivity (Wildman–Crippen MR) is 89.9 cm³/mol. The molecule has 2 aliphatic rings. The number of carbonyl (C=O) groups excluding carboxylic acids is 1. The van der Waals surface area contributed by atoms with Gasteiger partial charge in [0, 0.05) is 29.6 Å². The highest BCUT2D eigenvalue weighted by molar-refractivity contribution is 6.06. The van der Waals surface area contributed by atoms with Crippen LogP contribution in [-0.4, -0.2) is 39.5 Å². The number of nitrogens with zero attached hydrogens (tertiary/aromatic N) is 2. The zero-order valence-corrected chi connectivity index (χ0v) is 13.9. The lowest BCUT2D eigenvalue weighted by molar-refractivity contribution is -0.142. The van der Waals surface area contributed by atoms with Gasteiger partial charge in [0.15, 0.2) is 0 Å². The molecule has 1 aliphatic carbocycles. The lowest BCUT2D eigenvalue weighted by Crippen LogP contribution is -2.37. The summed E-state index contributed by atoms with van der Waals surface area (Å²) in [7, 11) is 0. The molecule has 2 aromatic rings. The van der Waals surface area contributed by atoms with Gasteiger partial charge in [-0.2, -0.15) is 0 Å². The first-order valence-corrected chi connectivity index (χ1v) is 8.59. The zero-order valence-electron chi connectivity index (χ0n) is 13.9. The van der Waals surface area contributed by atoms with Crippen LogP contribution in [0.2, 0.25) is 0 Å². The fourth-order valence-electron chi connectivity index (χ4n) is 3.69. The molecule has 25 heavy (non-hydrogen) atoms. The number of carboxylic acid groups (broad SMARTS) is 1. The molecule has 1 aliphatic heterocycles. The maximum atomic E-state index is 13.7. The first kappa shape index (κ1) is 16.0. The SMILES string of the molecule is CC1C(C(=O)O)CCN1C(=O)c1cc(C2CC2)nc2ccc(F)cc12. The van der Waals surface area contributed by atoms with Crippen molar-refractivity contribution in [2.24, 2.45) is 5.92 Å². The van der Waals surface area contributed by atoms with Crippen molar-refractivity contribution in [3.05, 3.63) is 41.3 Å². The molecule has 4 rings (SSSR count). The number of benzene rings is 1. The highest BCUT2D eigenvalue weighted by Crippen LogP contribution is 2.40. The van der Waals surface area contributed by atoms with E-state index >= 15 is 0 Å². The number of aliphatic carboxylic acids is 1. The number of carbonyl (C=O) groups is 2. The molecule has 1 saturated carbocycles. The van der Waals surface area contributed by atoms with Gasteiger partial charge in [0.25, 0.3) is 5.91 Å². The second kappa shape index (κ2) is 5.79. The number of carboxylic acids is 1. The minimum atomic E-state index is -0.882. The molecule has 2 heterocycles. The smallest absolute Gasteiger partial charge is 0.308 e. The van der Waals surface area contributed by atoms with Crippen molar-refractivity contribution >= 4 is 22.8 Å². The van der Waals surface area contributed by atoms with Crippen LogP contribution in [0.5, 0.6) is 0 Å². The van der Waals surface area contributed by atoms with Crippen LogP contribution in [0.4, 0.5) is 4.39 Å². The number of likely N-dealkylation sites (tertiary alicyclic amines) is 1. The molecule has 2 fully saturated rings. The molecule has 0 radical (unpaired) electrons. The molecule has 1 aromatic carbocycles. The van der Waals surface area contributed by atoms with Crippen LogP contribution < -0.4 is 0 Å². The van der Waals surface area contributed by atoms with Crippen LogP contribution >= 0.6 is 0 Å². The quantitative estimate of drug-likeness (QED) is 0.930. The molecule has 0 bridgehead atoms. The first-order chi connectivity index (χ1) is 12.0. The Morgan fingerprint density at radius 1 is 1.24 bits per heavy atom. The minimum absolute atomic E-state index is 0.240. The van der Waals surface area contributed by atoms with E-state index in [1.807, 2.05) is 0 Å². The lowest BCUT2D eigenvalue weighted by atomic mass is 10.0. The highest BCUT2D eigenvalue weighted by Gasteiger charge is 2.39. The van der Waals surface area contributed by atoms with Crippen LogP contribution in [0.1, 0.15) is 48.2 Å². The molecule has 5 nitrogen and oxygen atoms in total. The fourth-order valence-corrected chi connectivity index (χ4v) is 3.69. The number of pyridine rings is 1. The van der Waals surface area contributed by atoms with Crippen molar-refractivity contribution in [1.82, 2.24) is 9.88 Å². The molecule has 130 valence electrons. The van der Waals surface area contributed by atoms with Crippen LogP contribution in [0.3, 0.4) is 0 Å². The van der Waals surface area contributed by atoms with E-state index in [1.54, 1.807) is 24.0 Å². The number of hydrogen-bond donors (Lipinski definition) is 1. The van der Waals surface area contributed by atoms with E-state index in [-0.39, 0.29) is 11.9 Å². The van der Waals surface area contributed by atoms with Crippen molar-refractivity contribution in [2.75, 3.05) is 6.54 Å². The van der Waals surface area contributed by atoms with E-state index in [1.165, 1.54) is 12.1 Å². The van der Waals surface area contributed by atoms with E-state index < -0.39 is 17.7 Å². The Kier molecular flexibility index (Phi) is 3.71. The summed E-state index contributed by atoms with van der Waals surface area (Å²) in [6.07, 6.45) is 2.54. The normalized spacial score (nSPS) is 23.2. The molecule has 1 saturated heterocycles. The summed E-state index contributed by atoms with van der Waals surface area (Å²) in [6, 6.07) is 5.66. The van der Waals surface area contributed by atoms with Crippen molar-refractivity contribution in [3.63, 3.8) is 0 Å². The Bertz CT molecular complexity index is 878. The molecule has 2 atom stereocenters. The zero-order chi connectivity index (χ0) is 17.7. The van der Waals surface area contributed by atoms with Gasteiger partial charge in [-0.3, -0.25) is 14.6 Å². The molecular weight excluding hydrogens is 323 g/mol.